The summed E-state index contributed by atoms with van der Waals surface area (Å²) < 4.78 is 1.35. The fourth-order valence-corrected chi connectivity index (χ4v) is 2.42. The van der Waals surface area contributed by atoms with E-state index in [4.69, 9.17) is 11.6 Å². The van der Waals surface area contributed by atoms with Crippen molar-refractivity contribution in [1.82, 2.24) is 9.97 Å². The van der Waals surface area contributed by atoms with Crippen molar-refractivity contribution in [1.29, 1.82) is 0 Å². The molecule has 1 N–H and O–H groups in total. The number of hydrogen-bond acceptors (Lipinski definition) is 3. The molecular formula is C10H5Br2ClN2O. The number of benzene rings is 1. The molecule has 1 aromatic carbocycles. The predicted octanol–water partition coefficient (Wildman–Crippen LogP) is 4.03. The number of aromatic nitrogens is 2. The highest BCUT2D eigenvalue weighted by Crippen LogP contribution is 2.28. The van der Waals surface area contributed by atoms with Gasteiger partial charge in [0.25, 0.3) is 0 Å². The molecule has 0 saturated heterocycles. The molecule has 0 aliphatic carbocycles. The lowest BCUT2D eigenvalue weighted by atomic mass is 10.2. The standard InChI is InChI=1S/C10H5Br2ClN2O/c11-8-4-9(12)15-10(14-8)5-1-2-7(16)6(13)3-5/h1-4,16H. The van der Waals surface area contributed by atoms with E-state index < -0.39 is 0 Å². The van der Waals surface area contributed by atoms with Crippen molar-refractivity contribution in [2.45, 2.75) is 0 Å². The molecule has 16 heavy (non-hydrogen) atoms. The molecule has 0 spiro atoms. The minimum absolute atomic E-state index is 0.0412. The van der Waals surface area contributed by atoms with Gasteiger partial charge in [-0.3, -0.25) is 0 Å². The average Bonchev–Trinajstić information content (AvgIpc) is 2.20. The first kappa shape index (κ1) is 11.8. The third kappa shape index (κ3) is 2.53. The Labute approximate surface area is 114 Å². The highest BCUT2D eigenvalue weighted by Gasteiger charge is 2.07. The molecule has 0 saturated carbocycles. The summed E-state index contributed by atoms with van der Waals surface area (Å²) in [4.78, 5) is 8.42. The van der Waals surface area contributed by atoms with Gasteiger partial charge in [0.15, 0.2) is 5.82 Å². The fraction of sp³-hybridized carbons (Fsp3) is 0. The minimum Gasteiger partial charge on any atom is -0.506 e. The number of halogens is 3. The number of phenolic OH excluding ortho intramolecular Hbond substituents is 1. The maximum absolute atomic E-state index is 9.31. The SMILES string of the molecule is Oc1ccc(-c2nc(Br)cc(Br)n2)cc1Cl. The Balaban J connectivity index is 2.54. The van der Waals surface area contributed by atoms with Gasteiger partial charge in [-0.15, -0.1) is 0 Å². The number of rotatable bonds is 1. The second kappa shape index (κ2) is 4.69. The van der Waals surface area contributed by atoms with Crippen molar-refractivity contribution in [2.24, 2.45) is 0 Å². The summed E-state index contributed by atoms with van der Waals surface area (Å²) in [7, 11) is 0. The van der Waals surface area contributed by atoms with Crippen LogP contribution in [0, 0.1) is 0 Å². The van der Waals surface area contributed by atoms with Gasteiger partial charge < -0.3 is 5.11 Å². The van der Waals surface area contributed by atoms with Gasteiger partial charge in [0.1, 0.15) is 15.0 Å². The van der Waals surface area contributed by atoms with Gasteiger partial charge in [-0.2, -0.15) is 0 Å². The van der Waals surface area contributed by atoms with E-state index in [1.165, 1.54) is 6.07 Å². The Morgan fingerprint density at radius 1 is 1.06 bits per heavy atom. The molecule has 0 bridgehead atoms. The molecule has 0 unspecified atom stereocenters. The number of phenols is 1. The van der Waals surface area contributed by atoms with Crippen LogP contribution in [0.5, 0.6) is 5.75 Å². The summed E-state index contributed by atoms with van der Waals surface area (Å²) in [6.07, 6.45) is 0. The molecule has 0 atom stereocenters. The van der Waals surface area contributed by atoms with Crippen LogP contribution in [0.25, 0.3) is 11.4 Å². The normalized spacial score (nSPS) is 10.4. The Hall–Kier alpha value is -0.650. The Bertz CT molecular complexity index is 528. The maximum Gasteiger partial charge on any atom is 0.161 e. The van der Waals surface area contributed by atoms with Crippen LogP contribution in [0.1, 0.15) is 0 Å². The summed E-state index contributed by atoms with van der Waals surface area (Å²) in [5.41, 5.74) is 0.741. The second-order valence-electron chi connectivity index (χ2n) is 3.00. The van der Waals surface area contributed by atoms with Gasteiger partial charge in [-0.1, -0.05) is 11.6 Å². The summed E-state index contributed by atoms with van der Waals surface area (Å²) in [5, 5.41) is 9.58. The molecule has 6 heteroatoms. The van der Waals surface area contributed by atoms with Crippen LogP contribution in [-0.4, -0.2) is 15.1 Å². The van der Waals surface area contributed by atoms with Gasteiger partial charge >= 0.3 is 0 Å². The highest BCUT2D eigenvalue weighted by atomic mass is 79.9. The first-order valence-electron chi connectivity index (χ1n) is 4.25. The lowest BCUT2D eigenvalue weighted by Gasteiger charge is -2.03. The molecule has 3 nitrogen and oxygen atoms in total. The predicted molar refractivity (Wildman–Crippen MR) is 69.5 cm³/mol. The lowest BCUT2D eigenvalue weighted by Crippen LogP contribution is -1.90. The molecular weight excluding hydrogens is 359 g/mol. The molecule has 0 aliphatic heterocycles. The minimum atomic E-state index is 0.0412. The van der Waals surface area contributed by atoms with Crippen molar-refractivity contribution in [3.05, 3.63) is 38.5 Å². The van der Waals surface area contributed by atoms with E-state index in [9.17, 15) is 5.11 Å². The molecule has 1 aromatic heterocycles. The smallest absolute Gasteiger partial charge is 0.161 e. The van der Waals surface area contributed by atoms with Crippen molar-refractivity contribution in [3.8, 4) is 17.1 Å². The van der Waals surface area contributed by atoms with Crippen LogP contribution in [-0.2, 0) is 0 Å². The van der Waals surface area contributed by atoms with Gasteiger partial charge in [-0.05, 0) is 50.1 Å². The van der Waals surface area contributed by atoms with Gasteiger partial charge in [0.2, 0.25) is 0 Å². The summed E-state index contributed by atoms with van der Waals surface area (Å²) in [5.74, 6) is 0.572. The number of nitrogens with zero attached hydrogens (tertiary/aromatic N) is 2. The van der Waals surface area contributed by atoms with Crippen molar-refractivity contribution in [3.63, 3.8) is 0 Å². The molecule has 0 amide bonds. The van der Waals surface area contributed by atoms with E-state index in [2.05, 4.69) is 41.8 Å². The Kier molecular flexibility index (Phi) is 3.47. The Morgan fingerprint density at radius 2 is 1.69 bits per heavy atom. The molecule has 0 fully saturated rings. The van der Waals surface area contributed by atoms with E-state index in [0.29, 0.717) is 15.0 Å². The zero-order chi connectivity index (χ0) is 11.7. The Morgan fingerprint density at radius 3 is 2.25 bits per heavy atom. The summed E-state index contributed by atoms with van der Waals surface area (Å²) >= 11 is 12.4. The first-order chi connectivity index (χ1) is 7.56. The van der Waals surface area contributed by atoms with Gasteiger partial charge in [0.05, 0.1) is 5.02 Å². The molecule has 2 rings (SSSR count). The van der Waals surface area contributed by atoms with Gasteiger partial charge in [-0.25, -0.2) is 9.97 Å². The van der Waals surface area contributed by atoms with E-state index in [1.54, 1.807) is 18.2 Å². The molecule has 1 heterocycles. The van der Waals surface area contributed by atoms with Gasteiger partial charge in [0, 0.05) is 11.6 Å². The monoisotopic (exact) mass is 362 g/mol. The van der Waals surface area contributed by atoms with Crippen molar-refractivity contribution in [2.75, 3.05) is 0 Å². The van der Waals surface area contributed by atoms with Crippen LogP contribution in [0.15, 0.2) is 33.5 Å². The largest absolute Gasteiger partial charge is 0.506 e. The van der Waals surface area contributed by atoms with Crippen molar-refractivity contribution >= 4 is 43.5 Å². The van der Waals surface area contributed by atoms with E-state index >= 15 is 0 Å². The number of hydrogen-bond donors (Lipinski definition) is 1. The zero-order valence-electron chi connectivity index (χ0n) is 7.78. The molecule has 0 radical (unpaired) electrons. The quantitative estimate of drug-likeness (QED) is 0.777. The second-order valence-corrected chi connectivity index (χ2v) is 5.04. The van der Waals surface area contributed by atoms with Crippen LogP contribution in [0.2, 0.25) is 5.02 Å². The highest BCUT2D eigenvalue weighted by molar-refractivity contribution is 9.11. The van der Waals surface area contributed by atoms with Crippen LogP contribution >= 0.6 is 43.5 Å². The average molecular weight is 364 g/mol. The zero-order valence-corrected chi connectivity index (χ0v) is 11.7. The summed E-state index contributed by atoms with van der Waals surface area (Å²) in [6.45, 7) is 0. The summed E-state index contributed by atoms with van der Waals surface area (Å²) in [6, 6.07) is 6.57. The van der Waals surface area contributed by atoms with Crippen LogP contribution in [0.3, 0.4) is 0 Å². The molecule has 82 valence electrons. The third-order valence-electron chi connectivity index (χ3n) is 1.87. The van der Waals surface area contributed by atoms with E-state index in [0.717, 1.165) is 5.56 Å². The molecule has 0 aliphatic rings. The third-order valence-corrected chi connectivity index (χ3v) is 2.98. The maximum atomic E-state index is 9.31. The van der Waals surface area contributed by atoms with Crippen LogP contribution < -0.4 is 0 Å². The first-order valence-corrected chi connectivity index (χ1v) is 6.21. The molecule has 2 aromatic rings. The van der Waals surface area contributed by atoms with E-state index in [1.807, 2.05) is 0 Å². The van der Waals surface area contributed by atoms with Crippen molar-refractivity contribution < 1.29 is 5.11 Å². The lowest BCUT2D eigenvalue weighted by molar-refractivity contribution is 0.475. The number of aromatic hydroxyl groups is 1. The van der Waals surface area contributed by atoms with Crippen LogP contribution in [0.4, 0.5) is 0 Å². The van der Waals surface area contributed by atoms with E-state index in [-0.39, 0.29) is 10.8 Å². The fourth-order valence-electron chi connectivity index (χ4n) is 1.17. The topological polar surface area (TPSA) is 46.0 Å².